The Morgan fingerprint density at radius 2 is 1.57 bits per heavy atom. The van der Waals surface area contributed by atoms with E-state index >= 15 is 0 Å². The molecule has 0 fully saturated rings. The molecule has 0 saturated heterocycles. The number of nitrogens with zero attached hydrogens (tertiary/aromatic N) is 1. The van der Waals surface area contributed by atoms with Crippen LogP contribution in [0, 0.1) is 10.8 Å². The minimum atomic E-state index is -0.918. The largest absolute Gasteiger partial charge is 0.490 e. The summed E-state index contributed by atoms with van der Waals surface area (Å²) in [5, 5.41) is 10.3. The summed E-state index contributed by atoms with van der Waals surface area (Å²) in [5.74, 6) is -0.394. The number of Topliss-reactive ketones (excluding diaryl/α,β-unsaturated/α-hetero) is 2. The number of carboxylic acid groups (broad SMARTS) is 1. The van der Waals surface area contributed by atoms with Gasteiger partial charge in [-0.1, -0.05) is 63.6 Å². The molecule has 0 aromatic heterocycles. The molecule has 0 radical (unpaired) electrons. The molecule has 7 nitrogen and oxygen atoms in total. The highest BCUT2D eigenvalue weighted by Crippen LogP contribution is 2.55. The molecule has 0 unspecified atom stereocenters. The van der Waals surface area contributed by atoms with Crippen molar-refractivity contribution in [2.24, 2.45) is 10.8 Å². The maximum Gasteiger partial charge on any atom is 0.305 e. The number of ether oxygens (including phenoxy) is 2. The van der Waals surface area contributed by atoms with Crippen molar-refractivity contribution < 1.29 is 29.0 Å². The summed E-state index contributed by atoms with van der Waals surface area (Å²) < 4.78 is 12.6. The molecule has 2 aromatic rings. The van der Waals surface area contributed by atoms with Crippen LogP contribution in [-0.4, -0.2) is 40.7 Å². The van der Waals surface area contributed by atoms with Gasteiger partial charge in [-0.05, 0) is 66.3 Å². The molecule has 46 heavy (non-hydrogen) atoms. The molecule has 1 N–H and O–H groups in total. The molecule has 244 valence electrons. The number of hydrogen-bond donors (Lipinski definition) is 1. The van der Waals surface area contributed by atoms with E-state index in [0.717, 1.165) is 28.1 Å². The van der Waals surface area contributed by atoms with Gasteiger partial charge in [-0.2, -0.15) is 0 Å². The van der Waals surface area contributed by atoms with Crippen molar-refractivity contribution in [1.82, 2.24) is 4.90 Å². The quantitative estimate of drug-likeness (QED) is 0.246. The van der Waals surface area contributed by atoms with Crippen molar-refractivity contribution in [1.29, 1.82) is 0 Å². The summed E-state index contributed by atoms with van der Waals surface area (Å²) in [7, 11) is 0. The zero-order valence-electron chi connectivity index (χ0n) is 27.5. The first-order valence-corrected chi connectivity index (χ1v) is 16.4. The third kappa shape index (κ3) is 6.95. The van der Waals surface area contributed by atoms with Gasteiger partial charge in [0.25, 0.3) is 0 Å². The third-order valence-corrected chi connectivity index (χ3v) is 9.27. The molecule has 1 heterocycles. The predicted octanol–water partition coefficient (Wildman–Crippen LogP) is 8.21. The van der Waals surface area contributed by atoms with E-state index in [9.17, 15) is 19.5 Å². The lowest BCUT2D eigenvalue weighted by Crippen LogP contribution is -2.45. The highest BCUT2D eigenvalue weighted by atomic mass is 35.5. The van der Waals surface area contributed by atoms with Crippen LogP contribution >= 0.6 is 11.6 Å². The SMILES string of the molecule is C=CCc1cc(C2C3=C(CC(C)(C)CC3=O)N(CCC(=O)O)C3=C2C(=O)CC(C)(C)C3)cc(OCC)c1OCc1ccc(Cl)cc1. The number of hydrogen-bond acceptors (Lipinski definition) is 6. The van der Waals surface area contributed by atoms with Crippen molar-refractivity contribution in [2.75, 3.05) is 13.2 Å². The molecule has 1 aliphatic heterocycles. The molecule has 0 spiro atoms. The topological polar surface area (TPSA) is 93.1 Å². The van der Waals surface area contributed by atoms with Crippen molar-refractivity contribution in [2.45, 2.75) is 85.7 Å². The van der Waals surface area contributed by atoms with Gasteiger partial charge in [-0.3, -0.25) is 14.4 Å². The Morgan fingerprint density at radius 1 is 0.978 bits per heavy atom. The number of rotatable bonds is 11. The maximum atomic E-state index is 14.2. The second kappa shape index (κ2) is 13.1. The zero-order valence-corrected chi connectivity index (χ0v) is 28.3. The number of aliphatic carboxylic acids is 1. The van der Waals surface area contributed by atoms with Gasteiger partial charge in [0.15, 0.2) is 23.1 Å². The van der Waals surface area contributed by atoms with Crippen LogP contribution in [0.25, 0.3) is 0 Å². The first-order chi connectivity index (χ1) is 21.7. The monoisotopic (exact) mass is 645 g/mol. The fourth-order valence-corrected chi connectivity index (χ4v) is 7.30. The second-order valence-corrected chi connectivity index (χ2v) is 14.6. The van der Waals surface area contributed by atoms with Crippen LogP contribution in [0.5, 0.6) is 11.5 Å². The lowest BCUT2D eigenvalue weighted by atomic mass is 9.63. The predicted molar refractivity (Wildman–Crippen MR) is 179 cm³/mol. The first-order valence-electron chi connectivity index (χ1n) is 16.0. The fraction of sp³-hybridized carbons (Fsp3) is 0.447. The Kier molecular flexibility index (Phi) is 9.55. The molecule has 2 aromatic carbocycles. The average Bonchev–Trinajstić information content (AvgIpc) is 2.95. The fourth-order valence-electron chi connectivity index (χ4n) is 7.18. The van der Waals surface area contributed by atoms with E-state index in [0.29, 0.717) is 73.0 Å². The molecule has 3 aliphatic rings. The minimum absolute atomic E-state index is 0.00736. The molecule has 0 amide bonds. The Hall–Kier alpha value is -3.84. The van der Waals surface area contributed by atoms with Crippen molar-refractivity contribution in [3.8, 4) is 11.5 Å². The maximum absolute atomic E-state index is 14.2. The number of carbonyl (C=O) groups is 3. The van der Waals surface area contributed by atoms with Gasteiger partial charge < -0.3 is 19.5 Å². The van der Waals surface area contributed by atoms with Gasteiger partial charge in [0.2, 0.25) is 0 Å². The Bertz CT molecular complexity index is 1580. The molecule has 0 bridgehead atoms. The van der Waals surface area contributed by atoms with Crippen LogP contribution in [0.1, 0.15) is 89.3 Å². The summed E-state index contributed by atoms with van der Waals surface area (Å²) in [5.41, 5.74) is 4.83. The van der Waals surface area contributed by atoms with Crippen LogP contribution in [0.3, 0.4) is 0 Å². The van der Waals surface area contributed by atoms with E-state index < -0.39 is 11.9 Å². The molecule has 8 heteroatoms. The van der Waals surface area contributed by atoms with E-state index in [1.165, 1.54) is 0 Å². The molecular formula is C38H44ClNO6. The number of carboxylic acids is 1. The number of benzene rings is 2. The third-order valence-electron chi connectivity index (χ3n) is 9.02. The zero-order chi connectivity index (χ0) is 33.4. The lowest BCUT2D eigenvalue weighted by molar-refractivity contribution is -0.137. The van der Waals surface area contributed by atoms with Crippen LogP contribution in [-0.2, 0) is 27.4 Å². The number of ketones is 2. The van der Waals surface area contributed by atoms with Crippen LogP contribution in [0.4, 0.5) is 0 Å². The summed E-state index contributed by atoms with van der Waals surface area (Å²) in [6, 6.07) is 11.4. The van der Waals surface area contributed by atoms with Gasteiger partial charge in [0.1, 0.15) is 6.61 Å². The van der Waals surface area contributed by atoms with E-state index in [2.05, 4.69) is 34.3 Å². The number of halogens is 1. The van der Waals surface area contributed by atoms with E-state index in [1.54, 1.807) is 6.08 Å². The van der Waals surface area contributed by atoms with E-state index in [1.807, 2.05) is 48.2 Å². The smallest absolute Gasteiger partial charge is 0.305 e. The van der Waals surface area contributed by atoms with Gasteiger partial charge in [-0.15, -0.1) is 6.58 Å². The summed E-state index contributed by atoms with van der Waals surface area (Å²) in [6.45, 7) is 15.1. The van der Waals surface area contributed by atoms with E-state index in [-0.39, 0.29) is 35.4 Å². The van der Waals surface area contributed by atoms with Gasteiger partial charge in [0, 0.05) is 58.4 Å². The normalized spacial score (nSPS) is 19.1. The number of carbonyl (C=O) groups excluding carboxylic acids is 2. The second-order valence-electron chi connectivity index (χ2n) is 14.2. The van der Waals surface area contributed by atoms with Crippen LogP contribution in [0.2, 0.25) is 5.02 Å². The van der Waals surface area contributed by atoms with Crippen molar-refractivity contribution >= 4 is 29.1 Å². The summed E-state index contributed by atoms with van der Waals surface area (Å²) in [4.78, 5) is 42.1. The van der Waals surface area contributed by atoms with Crippen LogP contribution in [0.15, 0.2) is 71.6 Å². The molecule has 0 atom stereocenters. The Balaban J connectivity index is 1.71. The number of allylic oxidation sites excluding steroid dienone is 5. The Morgan fingerprint density at radius 3 is 2.09 bits per heavy atom. The minimum Gasteiger partial charge on any atom is -0.490 e. The van der Waals surface area contributed by atoms with Crippen molar-refractivity contribution in [3.05, 3.63) is 93.3 Å². The summed E-state index contributed by atoms with van der Waals surface area (Å²) >= 11 is 6.09. The highest BCUT2D eigenvalue weighted by Gasteiger charge is 2.49. The first kappa shape index (κ1) is 33.5. The molecule has 2 aliphatic carbocycles. The molecular weight excluding hydrogens is 602 g/mol. The highest BCUT2D eigenvalue weighted by molar-refractivity contribution is 6.30. The van der Waals surface area contributed by atoms with Gasteiger partial charge in [-0.25, -0.2) is 0 Å². The summed E-state index contributed by atoms with van der Waals surface area (Å²) in [6.07, 6.45) is 4.09. The van der Waals surface area contributed by atoms with Crippen LogP contribution < -0.4 is 9.47 Å². The van der Waals surface area contributed by atoms with Gasteiger partial charge >= 0.3 is 5.97 Å². The standard InChI is InChI=1S/C38H44ClNO6/c1-7-9-24-16-25(17-31(45-8-2)36(24)46-22-23-10-12-26(39)13-11-23)33-34-27(18-37(3,4)20-29(34)41)40(15-14-32(43)44)28-19-38(5,6)21-30(42)35(28)33/h7,10-13,16-17,33H,1,8-9,14-15,18-22H2,2-6H3,(H,43,44). The Labute approximate surface area is 276 Å². The van der Waals surface area contributed by atoms with Crippen molar-refractivity contribution in [3.63, 3.8) is 0 Å². The lowest BCUT2D eigenvalue weighted by Gasteiger charge is -2.49. The van der Waals surface area contributed by atoms with Gasteiger partial charge in [0.05, 0.1) is 13.0 Å². The molecule has 5 rings (SSSR count). The van der Waals surface area contributed by atoms with E-state index in [4.69, 9.17) is 21.1 Å². The molecule has 0 saturated carbocycles. The average molecular weight is 646 g/mol.